The number of hydrogen-bond acceptors (Lipinski definition) is 6. The number of rotatable bonds is 3. The Hall–Kier alpha value is -1.90. The molecule has 3 fully saturated rings. The SMILES string of the molecule is CC(C)(C)OC(=O)NC12CC(Nc3ccc4nnc(Br)n4n3)(C1)C2. The molecule has 0 aliphatic heterocycles. The number of nitrogens with one attached hydrogen (secondary N) is 2. The monoisotopic (exact) mass is 394 g/mol. The molecule has 8 nitrogen and oxygen atoms in total. The second-order valence-corrected chi connectivity index (χ2v) is 8.51. The van der Waals surface area contributed by atoms with Crippen molar-refractivity contribution in [2.45, 2.75) is 56.7 Å². The fourth-order valence-corrected chi connectivity index (χ4v) is 4.01. The van der Waals surface area contributed by atoms with Gasteiger partial charge in [0.2, 0.25) is 4.73 Å². The molecule has 0 spiro atoms. The van der Waals surface area contributed by atoms with Crippen molar-refractivity contribution in [2.75, 3.05) is 5.32 Å². The van der Waals surface area contributed by atoms with Gasteiger partial charge in [0.1, 0.15) is 11.4 Å². The highest BCUT2D eigenvalue weighted by Crippen LogP contribution is 2.61. The van der Waals surface area contributed by atoms with Crippen molar-refractivity contribution in [1.29, 1.82) is 0 Å². The number of nitrogens with zero attached hydrogens (tertiary/aromatic N) is 4. The molecule has 128 valence electrons. The Morgan fingerprint density at radius 1 is 1.25 bits per heavy atom. The zero-order valence-corrected chi connectivity index (χ0v) is 15.3. The van der Waals surface area contributed by atoms with Crippen LogP contribution in [-0.2, 0) is 4.74 Å². The minimum absolute atomic E-state index is 0.0101. The zero-order valence-electron chi connectivity index (χ0n) is 13.8. The summed E-state index contributed by atoms with van der Waals surface area (Å²) in [7, 11) is 0. The van der Waals surface area contributed by atoms with Crippen LogP contribution in [0.25, 0.3) is 5.65 Å². The highest BCUT2D eigenvalue weighted by Gasteiger charge is 2.69. The van der Waals surface area contributed by atoms with E-state index in [0.717, 1.165) is 25.1 Å². The van der Waals surface area contributed by atoms with Crippen LogP contribution < -0.4 is 10.6 Å². The number of aromatic nitrogens is 4. The van der Waals surface area contributed by atoms with Crippen LogP contribution in [0.15, 0.2) is 16.9 Å². The highest BCUT2D eigenvalue weighted by atomic mass is 79.9. The van der Waals surface area contributed by atoms with Crippen molar-refractivity contribution < 1.29 is 9.53 Å². The van der Waals surface area contributed by atoms with Crippen LogP contribution in [0.3, 0.4) is 0 Å². The van der Waals surface area contributed by atoms with Crippen molar-refractivity contribution in [2.24, 2.45) is 0 Å². The zero-order chi connectivity index (χ0) is 17.2. The molecule has 5 rings (SSSR count). The molecule has 0 unspecified atom stereocenters. The number of fused-ring (bicyclic) bond motifs is 1. The van der Waals surface area contributed by atoms with Gasteiger partial charge in [-0.05, 0) is 68.1 Å². The molecule has 1 amide bonds. The number of amides is 1. The van der Waals surface area contributed by atoms with Crippen molar-refractivity contribution in [1.82, 2.24) is 25.1 Å². The Bertz CT molecular complexity index is 807. The summed E-state index contributed by atoms with van der Waals surface area (Å²) in [5.74, 6) is 0.772. The third-order valence-electron chi connectivity index (χ3n) is 4.41. The third kappa shape index (κ3) is 2.60. The Kier molecular flexibility index (Phi) is 3.13. The molecule has 24 heavy (non-hydrogen) atoms. The van der Waals surface area contributed by atoms with E-state index in [9.17, 15) is 4.79 Å². The lowest BCUT2D eigenvalue weighted by Crippen LogP contribution is -2.81. The van der Waals surface area contributed by atoms with Gasteiger partial charge in [0, 0.05) is 5.54 Å². The summed E-state index contributed by atoms with van der Waals surface area (Å²) >= 11 is 3.32. The Morgan fingerprint density at radius 2 is 1.96 bits per heavy atom. The molecule has 9 heteroatoms. The second-order valence-electron chi connectivity index (χ2n) is 7.80. The topological polar surface area (TPSA) is 93.4 Å². The van der Waals surface area contributed by atoms with Crippen LogP contribution in [0.1, 0.15) is 40.0 Å². The number of carbonyl (C=O) groups is 1. The number of anilines is 1. The summed E-state index contributed by atoms with van der Waals surface area (Å²) in [6.07, 6.45) is 2.29. The molecular weight excluding hydrogens is 376 g/mol. The fourth-order valence-electron chi connectivity index (χ4n) is 3.67. The van der Waals surface area contributed by atoms with E-state index in [1.165, 1.54) is 0 Å². The first kappa shape index (κ1) is 15.6. The van der Waals surface area contributed by atoms with Crippen LogP contribution in [0.4, 0.5) is 10.6 Å². The molecule has 2 heterocycles. The molecule has 0 saturated heterocycles. The molecule has 0 atom stereocenters. The lowest BCUT2D eigenvalue weighted by molar-refractivity contribution is -0.0660. The molecule has 2 aromatic rings. The number of ether oxygens (including phenoxy) is 1. The molecule has 2 N–H and O–H groups in total. The smallest absolute Gasteiger partial charge is 0.408 e. The summed E-state index contributed by atoms with van der Waals surface area (Å²) in [5, 5.41) is 18.9. The van der Waals surface area contributed by atoms with Gasteiger partial charge >= 0.3 is 6.09 Å². The minimum atomic E-state index is -0.477. The van der Waals surface area contributed by atoms with Crippen molar-refractivity contribution in [3.8, 4) is 0 Å². The average Bonchev–Trinajstić information content (AvgIpc) is 2.74. The maximum Gasteiger partial charge on any atom is 0.408 e. The van der Waals surface area contributed by atoms with Crippen molar-refractivity contribution in [3.63, 3.8) is 0 Å². The molecule has 3 aliphatic carbocycles. The van der Waals surface area contributed by atoms with Gasteiger partial charge < -0.3 is 15.4 Å². The highest BCUT2D eigenvalue weighted by molar-refractivity contribution is 9.10. The van der Waals surface area contributed by atoms with Gasteiger partial charge in [0.05, 0.1) is 5.54 Å². The maximum atomic E-state index is 11.9. The summed E-state index contributed by atoms with van der Waals surface area (Å²) in [6.45, 7) is 5.59. The normalized spacial score (nSPS) is 28.0. The first-order valence-corrected chi connectivity index (χ1v) is 8.64. The van der Waals surface area contributed by atoms with E-state index >= 15 is 0 Å². The largest absolute Gasteiger partial charge is 0.444 e. The number of carbonyl (C=O) groups excluding carboxylic acids is 1. The van der Waals surface area contributed by atoms with Crippen LogP contribution in [0, 0.1) is 0 Å². The van der Waals surface area contributed by atoms with E-state index in [1.54, 1.807) is 4.52 Å². The van der Waals surface area contributed by atoms with Gasteiger partial charge in [0.15, 0.2) is 5.65 Å². The van der Waals surface area contributed by atoms with Crippen LogP contribution in [0.5, 0.6) is 0 Å². The summed E-state index contributed by atoms with van der Waals surface area (Å²) in [5.41, 5.74) is 0.0927. The lowest BCUT2D eigenvalue weighted by Gasteiger charge is -2.70. The molecule has 0 radical (unpaired) electrons. The standard InChI is InChI=1S/C15H19BrN6O2/c1-13(2,3)24-12(23)18-15-6-14(7-15,8-15)17-9-4-5-10-19-20-11(16)22(10)21-9/h4-5H,6-8H2,1-3H3,(H,17,21)(H,18,23). The molecule has 3 aliphatic rings. The third-order valence-corrected chi connectivity index (χ3v) is 4.91. The van der Waals surface area contributed by atoms with E-state index in [-0.39, 0.29) is 17.2 Å². The van der Waals surface area contributed by atoms with Gasteiger partial charge in [-0.3, -0.25) is 0 Å². The van der Waals surface area contributed by atoms with Crippen LogP contribution in [-0.4, -0.2) is 42.6 Å². The van der Waals surface area contributed by atoms with E-state index in [2.05, 4.69) is 41.9 Å². The van der Waals surface area contributed by atoms with Gasteiger partial charge in [0.25, 0.3) is 0 Å². The molecule has 2 bridgehead atoms. The summed E-state index contributed by atoms with van der Waals surface area (Å²) in [4.78, 5) is 11.9. The van der Waals surface area contributed by atoms with Gasteiger partial charge in [-0.2, -0.15) is 4.52 Å². The molecular formula is C15H19BrN6O2. The van der Waals surface area contributed by atoms with E-state index < -0.39 is 5.60 Å². The molecule has 3 saturated carbocycles. The van der Waals surface area contributed by atoms with E-state index in [0.29, 0.717) is 10.4 Å². The quantitative estimate of drug-likeness (QED) is 0.830. The number of halogens is 1. The Morgan fingerprint density at radius 3 is 2.62 bits per heavy atom. The number of hydrogen-bond donors (Lipinski definition) is 2. The van der Waals surface area contributed by atoms with Gasteiger partial charge in [-0.1, -0.05) is 0 Å². The predicted octanol–water partition coefficient (Wildman–Crippen LogP) is 2.50. The van der Waals surface area contributed by atoms with Crippen molar-refractivity contribution in [3.05, 3.63) is 16.9 Å². The van der Waals surface area contributed by atoms with Crippen LogP contribution >= 0.6 is 15.9 Å². The predicted molar refractivity (Wildman–Crippen MR) is 90.8 cm³/mol. The van der Waals surface area contributed by atoms with Gasteiger partial charge in [-0.15, -0.1) is 15.3 Å². The molecule has 0 aromatic carbocycles. The van der Waals surface area contributed by atoms with E-state index in [4.69, 9.17) is 4.74 Å². The lowest BCUT2D eigenvalue weighted by atomic mass is 9.44. The first-order valence-electron chi connectivity index (χ1n) is 7.85. The minimum Gasteiger partial charge on any atom is -0.444 e. The summed E-state index contributed by atoms with van der Waals surface area (Å²) in [6, 6.07) is 3.76. The maximum absolute atomic E-state index is 11.9. The number of alkyl carbamates (subject to hydrolysis) is 1. The van der Waals surface area contributed by atoms with Crippen LogP contribution in [0.2, 0.25) is 0 Å². The Balaban J connectivity index is 1.37. The van der Waals surface area contributed by atoms with Crippen molar-refractivity contribution >= 4 is 33.5 Å². The first-order chi connectivity index (χ1) is 11.2. The summed E-state index contributed by atoms with van der Waals surface area (Å²) < 4.78 is 7.54. The average molecular weight is 395 g/mol. The second kappa shape index (κ2) is 4.81. The molecule has 2 aromatic heterocycles. The fraction of sp³-hybridized carbons (Fsp3) is 0.600. The Labute approximate surface area is 147 Å². The van der Waals surface area contributed by atoms with Gasteiger partial charge in [-0.25, -0.2) is 4.79 Å². The van der Waals surface area contributed by atoms with E-state index in [1.807, 2.05) is 32.9 Å².